The fourth-order valence-electron chi connectivity index (χ4n) is 3.22. The van der Waals surface area contributed by atoms with Gasteiger partial charge in [-0.3, -0.25) is 4.52 Å². The van der Waals surface area contributed by atoms with E-state index < -0.39 is 22.4 Å². The van der Waals surface area contributed by atoms with Crippen LogP contribution in [0.5, 0.6) is 5.75 Å². The minimum atomic E-state index is -4.41. The number of nitrogens with two attached hydrogens (primary N) is 1. The van der Waals surface area contributed by atoms with Crippen LogP contribution >= 0.6 is 19.2 Å². The Morgan fingerprint density at radius 1 is 1.11 bits per heavy atom. The van der Waals surface area contributed by atoms with Crippen molar-refractivity contribution in [2.75, 3.05) is 18.5 Å². The van der Waals surface area contributed by atoms with Crippen LogP contribution in [0.25, 0.3) is 21.1 Å². The number of thiazole rings is 1. The first-order valence-electron chi connectivity index (χ1n) is 10.5. The third-order valence-electron chi connectivity index (χ3n) is 5.12. The average Bonchev–Trinajstić information content (AvgIpc) is 3.29. The second kappa shape index (κ2) is 9.98. The molecule has 4 N–H and O–H groups in total. The van der Waals surface area contributed by atoms with Gasteiger partial charge >= 0.3 is 7.82 Å². The fraction of sp³-hybridized carbons (Fsp3) is 0.286. The Labute approximate surface area is 210 Å². The molecule has 0 bridgehead atoms. The van der Waals surface area contributed by atoms with Crippen LogP contribution in [0.2, 0.25) is 0 Å². The quantitative estimate of drug-likeness (QED) is 0.155. The van der Waals surface area contributed by atoms with Crippen LogP contribution in [0.4, 0.5) is 11.5 Å². The Morgan fingerprint density at radius 2 is 1.89 bits per heavy atom. The molecule has 0 aliphatic heterocycles. The SMILES string of the molecule is CC(C)(C)S(=O)(=O)c1cc2c(Nc3ccc4scnc4c3)ncnc2cc1OCCOP(=O)(O)ON. The first-order chi connectivity index (χ1) is 16.9. The van der Waals surface area contributed by atoms with Crippen LogP contribution in [0, 0.1) is 0 Å². The molecule has 36 heavy (non-hydrogen) atoms. The highest BCUT2D eigenvalue weighted by Crippen LogP contribution is 2.41. The van der Waals surface area contributed by atoms with Crippen molar-refractivity contribution < 1.29 is 31.8 Å². The number of nitrogens with one attached hydrogen (secondary N) is 1. The van der Waals surface area contributed by atoms with Gasteiger partial charge in [0, 0.05) is 17.1 Å². The Hall–Kier alpha value is -2.71. The molecule has 2 aromatic carbocycles. The van der Waals surface area contributed by atoms with Crippen molar-refractivity contribution in [2.24, 2.45) is 5.90 Å². The zero-order valence-corrected chi connectivity index (χ0v) is 22.1. The van der Waals surface area contributed by atoms with Gasteiger partial charge in [0.05, 0.1) is 32.6 Å². The van der Waals surface area contributed by atoms with Crippen LogP contribution in [-0.4, -0.2) is 46.2 Å². The molecule has 4 aromatic rings. The molecule has 0 saturated carbocycles. The minimum absolute atomic E-state index is 0.0102. The van der Waals surface area contributed by atoms with Crippen molar-refractivity contribution in [1.82, 2.24) is 15.0 Å². The number of sulfone groups is 1. The molecule has 12 nitrogen and oxygen atoms in total. The van der Waals surface area contributed by atoms with Crippen molar-refractivity contribution in [3.05, 3.63) is 42.2 Å². The number of rotatable bonds is 9. The third kappa shape index (κ3) is 5.49. The highest BCUT2D eigenvalue weighted by atomic mass is 32.2. The molecule has 0 spiro atoms. The van der Waals surface area contributed by atoms with Crippen LogP contribution in [0.1, 0.15) is 20.8 Å². The number of phosphoric acid groups is 1. The van der Waals surface area contributed by atoms with E-state index in [1.54, 1.807) is 26.3 Å². The summed E-state index contributed by atoms with van der Waals surface area (Å²) in [7, 11) is -8.30. The van der Waals surface area contributed by atoms with Gasteiger partial charge < -0.3 is 14.9 Å². The van der Waals surface area contributed by atoms with Crippen LogP contribution in [0.15, 0.2) is 47.1 Å². The van der Waals surface area contributed by atoms with E-state index in [2.05, 4.69) is 29.4 Å². The number of fused-ring (bicyclic) bond motifs is 2. The lowest BCUT2D eigenvalue weighted by Gasteiger charge is -2.22. The van der Waals surface area contributed by atoms with E-state index in [0.29, 0.717) is 16.7 Å². The summed E-state index contributed by atoms with van der Waals surface area (Å²) in [6, 6.07) is 8.61. The minimum Gasteiger partial charge on any atom is -0.490 e. The molecule has 0 amide bonds. The number of aromatic nitrogens is 3. The Kier molecular flexibility index (Phi) is 7.30. The molecule has 0 radical (unpaired) electrons. The maximum atomic E-state index is 13.4. The second-order valence-electron chi connectivity index (χ2n) is 8.57. The van der Waals surface area contributed by atoms with Gasteiger partial charge in [0.25, 0.3) is 0 Å². The lowest BCUT2D eigenvalue weighted by atomic mass is 10.2. The van der Waals surface area contributed by atoms with E-state index in [0.717, 1.165) is 15.9 Å². The van der Waals surface area contributed by atoms with Gasteiger partial charge in [0.2, 0.25) is 0 Å². The standard InChI is InChI=1S/C21H24N5O7PS2/c1-21(2,3)36(29,30)19-9-14-15(10-17(19)31-6-7-32-34(27,28)33-22)23-11-24-20(14)26-13-4-5-18-16(8-13)25-12-35-18/h4-5,8-12H,6-7,22H2,1-3H3,(H,27,28)(H,23,24,26). The number of phosphoric ester groups is 1. The largest absolute Gasteiger partial charge is 0.490 e. The van der Waals surface area contributed by atoms with Gasteiger partial charge in [-0.15, -0.1) is 11.3 Å². The van der Waals surface area contributed by atoms with Gasteiger partial charge in [-0.25, -0.2) is 38.5 Å². The van der Waals surface area contributed by atoms with E-state index in [1.807, 2.05) is 18.2 Å². The number of nitrogens with zero attached hydrogens (tertiary/aromatic N) is 3. The molecule has 192 valence electrons. The Balaban J connectivity index is 1.74. The summed E-state index contributed by atoms with van der Waals surface area (Å²) in [5.74, 6) is 5.11. The predicted molar refractivity (Wildman–Crippen MR) is 136 cm³/mol. The molecule has 0 aliphatic rings. The lowest BCUT2D eigenvalue weighted by Crippen LogP contribution is -2.28. The normalized spacial score (nSPS) is 14.1. The fourth-order valence-corrected chi connectivity index (χ4v) is 5.56. The first kappa shape index (κ1) is 26.4. The first-order valence-corrected chi connectivity index (χ1v) is 14.4. The summed E-state index contributed by atoms with van der Waals surface area (Å²) in [4.78, 5) is 22.1. The monoisotopic (exact) mass is 553 g/mol. The Morgan fingerprint density at radius 3 is 2.61 bits per heavy atom. The molecule has 2 aromatic heterocycles. The van der Waals surface area contributed by atoms with Crippen molar-refractivity contribution >= 4 is 61.6 Å². The second-order valence-corrected chi connectivity index (χ2v) is 13.5. The molecule has 1 unspecified atom stereocenters. The average molecular weight is 554 g/mol. The van der Waals surface area contributed by atoms with E-state index in [4.69, 9.17) is 10.6 Å². The summed E-state index contributed by atoms with van der Waals surface area (Å²) in [6.07, 6.45) is 1.34. The van der Waals surface area contributed by atoms with Gasteiger partial charge in [-0.05, 0) is 45.0 Å². The summed E-state index contributed by atoms with van der Waals surface area (Å²) < 4.78 is 52.3. The maximum absolute atomic E-state index is 13.4. The summed E-state index contributed by atoms with van der Waals surface area (Å²) in [5, 5.41) is 3.67. The van der Waals surface area contributed by atoms with Crippen LogP contribution < -0.4 is 16.0 Å². The molecule has 0 aliphatic carbocycles. The number of ether oxygens (including phenoxy) is 1. The zero-order valence-electron chi connectivity index (χ0n) is 19.5. The third-order valence-corrected chi connectivity index (χ3v) is 9.21. The molecular weight excluding hydrogens is 529 g/mol. The van der Waals surface area contributed by atoms with Crippen molar-refractivity contribution in [2.45, 2.75) is 30.4 Å². The maximum Gasteiger partial charge on any atom is 0.488 e. The lowest BCUT2D eigenvalue weighted by molar-refractivity contribution is 0.129. The predicted octanol–water partition coefficient (Wildman–Crippen LogP) is 3.94. The molecule has 0 fully saturated rings. The Bertz CT molecular complexity index is 1570. The van der Waals surface area contributed by atoms with E-state index >= 15 is 0 Å². The van der Waals surface area contributed by atoms with Crippen LogP contribution in [0.3, 0.4) is 0 Å². The van der Waals surface area contributed by atoms with Crippen molar-refractivity contribution in [3.8, 4) is 5.75 Å². The van der Waals surface area contributed by atoms with Gasteiger partial charge in [-0.1, -0.05) is 0 Å². The molecule has 2 heterocycles. The molecule has 1 atom stereocenters. The van der Waals surface area contributed by atoms with Gasteiger partial charge in [0.1, 0.15) is 29.4 Å². The number of hydrogen-bond acceptors (Lipinski definition) is 12. The topological polar surface area (TPSA) is 176 Å². The van der Waals surface area contributed by atoms with Gasteiger partial charge in [0.15, 0.2) is 9.84 Å². The highest BCUT2D eigenvalue weighted by Gasteiger charge is 2.34. The number of hydrogen-bond donors (Lipinski definition) is 3. The summed E-state index contributed by atoms with van der Waals surface area (Å²) in [5.41, 5.74) is 3.73. The van der Waals surface area contributed by atoms with E-state index in [9.17, 15) is 17.9 Å². The van der Waals surface area contributed by atoms with E-state index in [1.165, 1.54) is 29.8 Å². The molecule has 15 heteroatoms. The molecule has 4 rings (SSSR count). The highest BCUT2D eigenvalue weighted by molar-refractivity contribution is 7.92. The number of benzene rings is 2. The van der Waals surface area contributed by atoms with Crippen molar-refractivity contribution in [1.29, 1.82) is 0 Å². The smallest absolute Gasteiger partial charge is 0.488 e. The molecular formula is C21H24N5O7PS2. The number of anilines is 2. The van der Waals surface area contributed by atoms with Crippen molar-refractivity contribution in [3.63, 3.8) is 0 Å². The summed E-state index contributed by atoms with van der Waals surface area (Å²) >= 11 is 1.53. The van der Waals surface area contributed by atoms with E-state index in [-0.39, 0.29) is 23.9 Å². The zero-order chi connectivity index (χ0) is 26.1. The molecule has 0 saturated heterocycles. The summed E-state index contributed by atoms with van der Waals surface area (Å²) in [6.45, 7) is 4.08. The van der Waals surface area contributed by atoms with Gasteiger partial charge in [-0.2, -0.15) is 0 Å². The van der Waals surface area contributed by atoms with Crippen LogP contribution in [-0.2, 0) is 23.6 Å².